The van der Waals surface area contributed by atoms with Crippen molar-refractivity contribution in [3.05, 3.63) is 48.6 Å². The molecule has 20 heavy (non-hydrogen) atoms. The minimum Gasteiger partial charge on any atom is -0.311 e. The van der Waals surface area contributed by atoms with Crippen LogP contribution in [0.2, 0.25) is 0 Å². The topological polar surface area (TPSA) is 15.3 Å². The van der Waals surface area contributed by atoms with E-state index >= 15 is 0 Å². The van der Waals surface area contributed by atoms with Gasteiger partial charge in [0.05, 0.1) is 0 Å². The van der Waals surface area contributed by atoms with Crippen LogP contribution < -0.4 is 5.32 Å². The molecule has 110 valence electrons. The first-order valence-corrected chi connectivity index (χ1v) is 7.84. The molecule has 1 fully saturated rings. The number of benzene rings is 1. The lowest BCUT2D eigenvalue weighted by atomic mass is 9.92. The lowest BCUT2D eigenvalue weighted by Gasteiger charge is -2.44. The minimum absolute atomic E-state index is 0.411. The van der Waals surface area contributed by atoms with Crippen molar-refractivity contribution in [1.29, 1.82) is 0 Å². The summed E-state index contributed by atoms with van der Waals surface area (Å²) in [7, 11) is 0. The summed E-state index contributed by atoms with van der Waals surface area (Å²) in [5, 5.41) is 3.75. The van der Waals surface area contributed by atoms with E-state index in [1.165, 1.54) is 12.0 Å². The molecule has 1 aromatic rings. The third-order valence-electron chi connectivity index (χ3n) is 4.76. The summed E-state index contributed by atoms with van der Waals surface area (Å²) in [4.78, 5) is 2.59. The molecule has 0 bridgehead atoms. The van der Waals surface area contributed by atoms with Gasteiger partial charge in [-0.05, 0) is 18.4 Å². The van der Waals surface area contributed by atoms with E-state index in [2.05, 4.69) is 74.0 Å². The van der Waals surface area contributed by atoms with Gasteiger partial charge >= 0.3 is 0 Å². The van der Waals surface area contributed by atoms with E-state index in [-0.39, 0.29) is 0 Å². The van der Waals surface area contributed by atoms with Crippen LogP contribution in [0.4, 0.5) is 0 Å². The molecule has 1 heterocycles. The van der Waals surface area contributed by atoms with Crippen LogP contribution in [0.25, 0.3) is 0 Å². The van der Waals surface area contributed by atoms with Gasteiger partial charge in [-0.1, -0.05) is 56.7 Å². The predicted molar refractivity (Wildman–Crippen MR) is 86.8 cm³/mol. The van der Waals surface area contributed by atoms with Gasteiger partial charge < -0.3 is 5.32 Å². The monoisotopic (exact) mass is 272 g/mol. The molecule has 1 aliphatic rings. The van der Waals surface area contributed by atoms with Gasteiger partial charge in [-0.3, -0.25) is 4.90 Å². The summed E-state index contributed by atoms with van der Waals surface area (Å²) in [5.74, 6) is 0.714. The third-order valence-corrected chi connectivity index (χ3v) is 4.76. The van der Waals surface area contributed by atoms with E-state index in [1.54, 1.807) is 0 Å². The summed E-state index contributed by atoms with van der Waals surface area (Å²) in [6, 6.07) is 12.3. The van der Waals surface area contributed by atoms with Crippen molar-refractivity contribution in [2.24, 2.45) is 5.92 Å². The van der Waals surface area contributed by atoms with Crippen LogP contribution in [-0.4, -0.2) is 30.1 Å². The average molecular weight is 272 g/mol. The van der Waals surface area contributed by atoms with Gasteiger partial charge in [-0.2, -0.15) is 0 Å². The lowest BCUT2D eigenvalue weighted by molar-refractivity contribution is 0.0900. The van der Waals surface area contributed by atoms with Gasteiger partial charge in [-0.15, -0.1) is 6.58 Å². The standard InChI is InChI=1S/C18H28N2/c1-5-14(3)17-13-20(15(4)6-2)18(12-19-17)16-10-8-7-9-11-16/h6-11,14-15,17-19H,2,5,12-13H2,1,3-4H3. The summed E-state index contributed by atoms with van der Waals surface area (Å²) < 4.78 is 0. The summed E-state index contributed by atoms with van der Waals surface area (Å²) in [5.41, 5.74) is 1.40. The molecule has 4 atom stereocenters. The number of piperazine rings is 1. The SMILES string of the molecule is C=CC(C)N1CC(C(C)CC)NCC1c1ccccc1. The Balaban J connectivity index is 2.18. The van der Waals surface area contributed by atoms with Crippen molar-refractivity contribution in [1.82, 2.24) is 10.2 Å². The smallest absolute Gasteiger partial charge is 0.0479 e. The first-order chi connectivity index (χ1) is 9.67. The van der Waals surface area contributed by atoms with Gasteiger partial charge in [0.25, 0.3) is 0 Å². The fraction of sp³-hybridized carbons (Fsp3) is 0.556. The van der Waals surface area contributed by atoms with Crippen molar-refractivity contribution in [3.8, 4) is 0 Å². The molecule has 0 aromatic heterocycles. The van der Waals surface area contributed by atoms with Gasteiger partial charge in [0.1, 0.15) is 0 Å². The molecule has 2 heteroatoms. The molecule has 2 rings (SSSR count). The van der Waals surface area contributed by atoms with Crippen molar-refractivity contribution in [3.63, 3.8) is 0 Å². The van der Waals surface area contributed by atoms with Crippen LogP contribution in [0, 0.1) is 5.92 Å². The first kappa shape index (κ1) is 15.3. The molecule has 0 aliphatic carbocycles. The molecule has 0 saturated carbocycles. The van der Waals surface area contributed by atoms with E-state index in [1.807, 2.05) is 0 Å². The largest absolute Gasteiger partial charge is 0.311 e. The maximum Gasteiger partial charge on any atom is 0.0479 e. The van der Waals surface area contributed by atoms with Crippen LogP contribution in [0.15, 0.2) is 43.0 Å². The quantitative estimate of drug-likeness (QED) is 0.824. The molecular weight excluding hydrogens is 244 g/mol. The van der Waals surface area contributed by atoms with E-state index in [0.29, 0.717) is 24.0 Å². The Morgan fingerprint density at radius 3 is 2.65 bits per heavy atom. The third kappa shape index (κ3) is 3.31. The molecular formula is C18H28N2. The highest BCUT2D eigenvalue weighted by molar-refractivity contribution is 5.21. The number of hydrogen-bond donors (Lipinski definition) is 1. The van der Waals surface area contributed by atoms with Crippen LogP contribution in [0.3, 0.4) is 0 Å². The van der Waals surface area contributed by atoms with Crippen molar-refractivity contribution < 1.29 is 0 Å². The highest BCUT2D eigenvalue weighted by Crippen LogP contribution is 2.28. The van der Waals surface area contributed by atoms with Crippen molar-refractivity contribution >= 4 is 0 Å². The zero-order chi connectivity index (χ0) is 14.5. The molecule has 0 radical (unpaired) electrons. The van der Waals surface area contributed by atoms with Gasteiger partial charge in [0.15, 0.2) is 0 Å². The van der Waals surface area contributed by atoms with E-state index < -0.39 is 0 Å². The Morgan fingerprint density at radius 1 is 1.35 bits per heavy atom. The molecule has 4 unspecified atom stereocenters. The fourth-order valence-corrected chi connectivity index (χ4v) is 3.03. The summed E-state index contributed by atoms with van der Waals surface area (Å²) >= 11 is 0. The Hall–Kier alpha value is -1.12. The normalized spacial score (nSPS) is 26.9. The zero-order valence-electron chi connectivity index (χ0n) is 13.0. The number of nitrogens with zero attached hydrogens (tertiary/aromatic N) is 1. The predicted octanol–water partition coefficient (Wildman–Crippen LogP) is 3.62. The van der Waals surface area contributed by atoms with E-state index in [0.717, 1.165) is 13.1 Å². The molecule has 1 aliphatic heterocycles. The van der Waals surface area contributed by atoms with Crippen molar-refractivity contribution in [2.75, 3.05) is 13.1 Å². The summed E-state index contributed by atoms with van der Waals surface area (Å²) in [6.07, 6.45) is 3.29. The zero-order valence-corrected chi connectivity index (χ0v) is 13.0. The average Bonchev–Trinajstić information content (AvgIpc) is 2.53. The number of hydrogen-bond acceptors (Lipinski definition) is 2. The highest BCUT2D eigenvalue weighted by Gasteiger charge is 2.32. The van der Waals surface area contributed by atoms with E-state index in [9.17, 15) is 0 Å². The number of nitrogens with one attached hydrogen (secondary N) is 1. The Morgan fingerprint density at radius 2 is 2.05 bits per heavy atom. The van der Waals surface area contributed by atoms with Gasteiger partial charge in [0, 0.05) is 31.2 Å². The molecule has 2 nitrogen and oxygen atoms in total. The highest BCUT2D eigenvalue weighted by atomic mass is 15.3. The maximum atomic E-state index is 3.99. The Labute approximate surface area is 123 Å². The molecule has 0 amide bonds. The lowest BCUT2D eigenvalue weighted by Crippen LogP contribution is -2.56. The second kappa shape index (κ2) is 7.05. The fourth-order valence-electron chi connectivity index (χ4n) is 3.03. The number of rotatable bonds is 5. The second-order valence-electron chi connectivity index (χ2n) is 6.00. The first-order valence-electron chi connectivity index (χ1n) is 7.84. The summed E-state index contributed by atoms with van der Waals surface area (Å²) in [6.45, 7) is 13.0. The molecule has 1 aromatic carbocycles. The Kier molecular flexibility index (Phi) is 5.38. The van der Waals surface area contributed by atoms with Crippen LogP contribution in [-0.2, 0) is 0 Å². The second-order valence-corrected chi connectivity index (χ2v) is 6.00. The van der Waals surface area contributed by atoms with Crippen molar-refractivity contribution in [2.45, 2.75) is 45.3 Å². The van der Waals surface area contributed by atoms with Crippen LogP contribution in [0.5, 0.6) is 0 Å². The van der Waals surface area contributed by atoms with Crippen LogP contribution >= 0.6 is 0 Å². The van der Waals surface area contributed by atoms with Gasteiger partial charge in [0.2, 0.25) is 0 Å². The molecule has 0 spiro atoms. The van der Waals surface area contributed by atoms with Gasteiger partial charge in [-0.25, -0.2) is 0 Å². The molecule has 1 saturated heterocycles. The van der Waals surface area contributed by atoms with Crippen LogP contribution in [0.1, 0.15) is 38.8 Å². The molecule has 1 N–H and O–H groups in total. The van der Waals surface area contributed by atoms with E-state index in [4.69, 9.17) is 0 Å². The maximum absolute atomic E-state index is 3.99. The minimum atomic E-state index is 0.411. The Bertz CT molecular complexity index is 415.